The molecule has 0 bridgehead atoms. The summed E-state index contributed by atoms with van der Waals surface area (Å²) in [5.74, 6) is 0. The molecule has 23 heavy (non-hydrogen) atoms. The third kappa shape index (κ3) is 2.35. The number of fused-ring (bicyclic) bond motifs is 1. The van der Waals surface area contributed by atoms with Crippen molar-refractivity contribution in [2.75, 3.05) is 0 Å². The van der Waals surface area contributed by atoms with Crippen LogP contribution in [-0.4, -0.2) is 14.8 Å². The van der Waals surface area contributed by atoms with Gasteiger partial charge in [0.05, 0.1) is 17.1 Å². The molecule has 3 aromatic heterocycles. The Bertz CT molecular complexity index is 1010. The van der Waals surface area contributed by atoms with Crippen LogP contribution in [0.25, 0.3) is 32.6 Å². The van der Waals surface area contributed by atoms with E-state index in [1.807, 2.05) is 36.2 Å². The summed E-state index contributed by atoms with van der Waals surface area (Å²) in [5.41, 5.74) is 4.24. The first-order chi connectivity index (χ1) is 11.1. The maximum Gasteiger partial charge on any atom is 0.0961 e. The SMILES string of the molecule is Cc1cc(-c2ncc(-c3ccc(C)s3)c3ccccc23)n(C)n1. The van der Waals surface area contributed by atoms with Gasteiger partial charge in [0.1, 0.15) is 0 Å². The van der Waals surface area contributed by atoms with Gasteiger partial charge in [-0.2, -0.15) is 5.10 Å². The van der Waals surface area contributed by atoms with Crippen LogP contribution in [0.3, 0.4) is 0 Å². The van der Waals surface area contributed by atoms with Gasteiger partial charge < -0.3 is 0 Å². The second kappa shape index (κ2) is 5.32. The molecule has 114 valence electrons. The molecule has 0 aliphatic rings. The van der Waals surface area contributed by atoms with E-state index in [9.17, 15) is 0 Å². The highest BCUT2D eigenvalue weighted by Crippen LogP contribution is 2.36. The molecule has 0 unspecified atom stereocenters. The second-order valence-electron chi connectivity index (χ2n) is 5.77. The molecule has 0 aliphatic carbocycles. The number of thiophene rings is 1. The molecule has 0 saturated carbocycles. The molecule has 4 rings (SSSR count). The third-order valence-corrected chi connectivity index (χ3v) is 5.08. The van der Waals surface area contributed by atoms with Gasteiger partial charge in [-0.05, 0) is 37.4 Å². The van der Waals surface area contributed by atoms with Gasteiger partial charge in [-0.1, -0.05) is 24.3 Å². The van der Waals surface area contributed by atoms with E-state index >= 15 is 0 Å². The summed E-state index contributed by atoms with van der Waals surface area (Å²) in [4.78, 5) is 7.36. The van der Waals surface area contributed by atoms with Crippen LogP contribution in [0.4, 0.5) is 0 Å². The van der Waals surface area contributed by atoms with Crippen molar-refractivity contribution in [1.82, 2.24) is 14.8 Å². The van der Waals surface area contributed by atoms with Crippen molar-refractivity contribution < 1.29 is 0 Å². The Balaban J connectivity index is 2.01. The van der Waals surface area contributed by atoms with Gasteiger partial charge in [0.25, 0.3) is 0 Å². The quantitative estimate of drug-likeness (QED) is 0.521. The molecule has 0 aliphatic heterocycles. The predicted octanol–water partition coefficient (Wildman–Crippen LogP) is 4.98. The van der Waals surface area contributed by atoms with Crippen LogP contribution in [0.5, 0.6) is 0 Å². The smallest absolute Gasteiger partial charge is 0.0961 e. The topological polar surface area (TPSA) is 30.7 Å². The van der Waals surface area contributed by atoms with Crippen molar-refractivity contribution in [1.29, 1.82) is 0 Å². The number of nitrogens with zero attached hydrogens (tertiary/aromatic N) is 3. The van der Waals surface area contributed by atoms with Crippen molar-refractivity contribution in [2.45, 2.75) is 13.8 Å². The van der Waals surface area contributed by atoms with Crippen LogP contribution in [0.15, 0.2) is 48.7 Å². The Morgan fingerprint density at radius 3 is 2.43 bits per heavy atom. The van der Waals surface area contributed by atoms with E-state index in [-0.39, 0.29) is 0 Å². The van der Waals surface area contributed by atoms with Crippen molar-refractivity contribution in [3.63, 3.8) is 0 Å². The van der Waals surface area contributed by atoms with E-state index in [4.69, 9.17) is 4.98 Å². The highest BCUT2D eigenvalue weighted by Gasteiger charge is 2.14. The van der Waals surface area contributed by atoms with Crippen LogP contribution in [0, 0.1) is 13.8 Å². The van der Waals surface area contributed by atoms with E-state index in [0.717, 1.165) is 17.1 Å². The summed E-state index contributed by atoms with van der Waals surface area (Å²) in [6, 6.07) is 14.9. The maximum atomic E-state index is 4.78. The molecule has 0 amide bonds. The highest BCUT2D eigenvalue weighted by molar-refractivity contribution is 7.15. The molecule has 4 aromatic rings. The van der Waals surface area contributed by atoms with Crippen LogP contribution >= 0.6 is 11.3 Å². The Hall–Kier alpha value is -2.46. The van der Waals surface area contributed by atoms with Crippen molar-refractivity contribution in [2.24, 2.45) is 7.05 Å². The van der Waals surface area contributed by atoms with E-state index in [0.29, 0.717) is 0 Å². The van der Waals surface area contributed by atoms with E-state index < -0.39 is 0 Å². The molecule has 0 atom stereocenters. The number of benzene rings is 1. The van der Waals surface area contributed by atoms with E-state index in [2.05, 4.69) is 54.5 Å². The van der Waals surface area contributed by atoms with Crippen molar-refractivity contribution in [3.05, 3.63) is 59.2 Å². The first-order valence-electron chi connectivity index (χ1n) is 7.59. The summed E-state index contributed by atoms with van der Waals surface area (Å²) in [7, 11) is 1.97. The van der Waals surface area contributed by atoms with Gasteiger partial charge >= 0.3 is 0 Å². The lowest BCUT2D eigenvalue weighted by Gasteiger charge is -2.09. The third-order valence-electron chi connectivity index (χ3n) is 4.05. The lowest BCUT2D eigenvalue weighted by molar-refractivity contribution is 0.762. The normalized spacial score (nSPS) is 11.3. The Morgan fingerprint density at radius 2 is 1.78 bits per heavy atom. The fourth-order valence-electron chi connectivity index (χ4n) is 3.00. The summed E-state index contributed by atoms with van der Waals surface area (Å²) in [6.45, 7) is 4.14. The molecule has 3 nitrogen and oxygen atoms in total. The van der Waals surface area contributed by atoms with Gasteiger partial charge in [-0.15, -0.1) is 11.3 Å². The number of aryl methyl sites for hydroxylation is 3. The predicted molar refractivity (Wildman–Crippen MR) is 96.7 cm³/mol. The summed E-state index contributed by atoms with van der Waals surface area (Å²) < 4.78 is 1.90. The molecule has 1 aromatic carbocycles. The maximum absolute atomic E-state index is 4.78. The van der Waals surface area contributed by atoms with Gasteiger partial charge in [-0.3, -0.25) is 9.67 Å². The second-order valence-corrected chi connectivity index (χ2v) is 7.06. The molecule has 0 radical (unpaired) electrons. The largest absolute Gasteiger partial charge is 0.266 e. The zero-order chi connectivity index (χ0) is 16.0. The molecule has 0 N–H and O–H groups in total. The summed E-state index contributed by atoms with van der Waals surface area (Å²) in [5, 5.41) is 6.86. The first-order valence-corrected chi connectivity index (χ1v) is 8.41. The Morgan fingerprint density at radius 1 is 1.00 bits per heavy atom. The number of aromatic nitrogens is 3. The lowest BCUT2D eigenvalue weighted by atomic mass is 10.0. The zero-order valence-electron chi connectivity index (χ0n) is 13.4. The average molecular weight is 319 g/mol. The molecule has 0 spiro atoms. The van der Waals surface area contributed by atoms with Gasteiger partial charge in [0.15, 0.2) is 0 Å². The fraction of sp³-hybridized carbons (Fsp3) is 0.158. The van der Waals surface area contributed by atoms with Crippen LogP contribution in [0.2, 0.25) is 0 Å². The molecular weight excluding hydrogens is 302 g/mol. The highest BCUT2D eigenvalue weighted by atomic mass is 32.1. The fourth-order valence-corrected chi connectivity index (χ4v) is 3.90. The van der Waals surface area contributed by atoms with Crippen LogP contribution in [-0.2, 0) is 7.05 Å². The van der Waals surface area contributed by atoms with Crippen molar-refractivity contribution >= 4 is 22.1 Å². The van der Waals surface area contributed by atoms with Gasteiger partial charge in [-0.25, -0.2) is 0 Å². The Kier molecular flexibility index (Phi) is 3.27. The minimum absolute atomic E-state index is 0.987. The minimum atomic E-state index is 0.987. The molecular formula is C19H17N3S. The average Bonchev–Trinajstić information content (AvgIpc) is 3.11. The molecule has 3 heterocycles. The number of hydrogen-bond acceptors (Lipinski definition) is 3. The Labute approximate surface area is 139 Å². The van der Waals surface area contributed by atoms with Crippen LogP contribution in [0.1, 0.15) is 10.6 Å². The van der Waals surface area contributed by atoms with Crippen molar-refractivity contribution in [3.8, 4) is 21.8 Å². The molecule has 0 saturated heterocycles. The molecule has 4 heteroatoms. The summed E-state index contributed by atoms with van der Waals surface area (Å²) in [6.07, 6.45) is 1.99. The number of hydrogen-bond donors (Lipinski definition) is 0. The van der Waals surface area contributed by atoms with E-state index in [1.165, 1.54) is 26.1 Å². The first kappa shape index (κ1) is 14.2. The van der Waals surface area contributed by atoms with Gasteiger partial charge in [0, 0.05) is 33.9 Å². The number of pyridine rings is 1. The standard InChI is InChI=1S/C19H17N3S/c1-12-10-17(22(3)21-12)19-15-7-5-4-6-14(15)16(11-20-19)18-9-8-13(2)23-18/h4-11H,1-3H3. The lowest BCUT2D eigenvalue weighted by Crippen LogP contribution is -1.97. The monoisotopic (exact) mass is 319 g/mol. The summed E-state index contributed by atoms with van der Waals surface area (Å²) >= 11 is 1.81. The minimum Gasteiger partial charge on any atom is -0.266 e. The van der Waals surface area contributed by atoms with E-state index in [1.54, 1.807) is 0 Å². The van der Waals surface area contributed by atoms with Crippen LogP contribution < -0.4 is 0 Å². The molecule has 0 fully saturated rings. The van der Waals surface area contributed by atoms with Gasteiger partial charge in [0.2, 0.25) is 0 Å². The number of rotatable bonds is 2. The zero-order valence-corrected chi connectivity index (χ0v) is 14.2.